The molecule has 0 atom stereocenters. The lowest BCUT2D eigenvalue weighted by Gasteiger charge is -2.13. The number of nitrogens with zero attached hydrogens (tertiary/aromatic N) is 3. The first-order valence-corrected chi connectivity index (χ1v) is 9.69. The van der Waals surface area contributed by atoms with Crippen LogP contribution in [-0.4, -0.2) is 34.6 Å². The maximum Gasteiger partial charge on any atom is 0.279 e. The van der Waals surface area contributed by atoms with Crippen LogP contribution >= 0.6 is 23.2 Å². The number of aromatic nitrogens is 3. The Morgan fingerprint density at radius 1 is 1.13 bits per heavy atom. The van der Waals surface area contributed by atoms with Crippen molar-refractivity contribution < 1.29 is 9.47 Å². The Morgan fingerprint density at radius 2 is 1.80 bits per heavy atom. The molecule has 0 fully saturated rings. The van der Waals surface area contributed by atoms with Crippen molar-refractivity contribution in [2.75, 3.05) is 12.5 Å². The zero-order chi connectivity index (χ0) is 21.7. The number of hydrogen-bond acceptors (Lipinski definition) is 7. The van der Waals surface area contributed by atoms with Crippen LogP contribution in [0.4, 0.5) is 5.95 Å². The van der Waals surface area contributed by atoms with Gasteiger partial charge in [0, 0.05) is 5.56 Å². The molecule has 156 valence electrons. The minimum Gasteiger partial charge on any atom is -0.497 e. The number of aromatic amines is 1. The quantitative estimate of drug-likeness (QED) is 0.411. The molecule has 2 aromatic carbocycles. The molecule has 0 saturated carbocycles. The van der Waals surface area contributed by atoms with E-state index in [2.05, 4.69) is 25.7 Å². The number of hydrazone groups is 1. The molecular formula is C20H19Cl2N5O3. The third kappa shape index (κ3) is 5.28. The molecule has 1 heterocycles. The minimum atomic E-state index is -0.408. The Labute approximate surface area is 182 Å². The molecular weight excluding hydrogens is 429 g/mol. The Bertz CT molecular complexity index is 1090. The van der Waals surface area contributed by atoms with Crippen molar-refractivity contribution in [1.29, 1.82) is 0 Å². The van der Waals surface area contributed by atoms with E-state index in [4.69, 9.17) is 32.7 Å². The number of anilines is 1. The zero-order valence-electron chi connectivity index (χ0n) is 16.4. The molecule has 3 aromatic rings. The summed E-state index contributed by atoms with van der Waals surface area (Å²) in [5.41, 5.74) is 3.65. The van der Waals surface area contributed by atoms with Crippen LogP contribution in [0, 0.1) is 0 Å². The fraction of sp³-hybridized carbons (Fsp3) is 0.200. The molecule has 0 radical (unpaired) electrons. The van der Waals surface area contributed by atoms with E-state index in [0.29, 0.717) is 32.7 Å². The molecule has 8 nitrogen and oxygen atoms in total. The number of rotatable bonds is 7. The zero-order valence-corrected chi connectivity index (χ0v) is 18.0. The van der Waals surface area contributed by atoms with Crippen molar-refractivity contribution in [3.05, 3.63) is 62.4 Å². The molecule has 10 heteroatoms. The summed E-state index contributed by atoms with van der Waals surface area (Å²) in [6, 6.07) is 10.3. The van der Waals surface area contributed by atoms with Gasteiger partial charge in [0.1, 0.15) is 5.75 Å². The first kappa shape index (κ1) is 21.6. The van der Waals surface area contributed by atoms with Gasteiger partial charge in [0.2, 0.25) is 5.95 Å². The van der Waals surface area contributed by atoms with E-state index in [1.807, 2.05) is 13.8 Å². The Hall–Kier alpha value is -3.10. The van der Waals surface area contributed by atoms with Crippen molar-refractivity contribution in [2.24, 2.45) is 5.10 Å². The topological polar surface area (TPSA) is 101 Å². The highest BCUT2D eigenvalue weighted by molar-refractivity contribution is 6.37. The van der Waals surface area contributed by atoms with Crippen molar-refractivity contribution in [1.82, 2.24) is 15.2 Å². The predicted molar refractivity (Wildman–Crippen MR) is 118 cm³/mol. The lowest BCUT2D eigenvalue weighted by molar-refractivity contribution is 0.243. The standard InChI is InChI=1S/C20H19Cl2N5O3/c1-11(2)30-18-15(21)8-12(9-16(18)22)10-23-26-20-24-19(28)17(25-27-20)13-4-6-14(29-3)7-5-13/h4-11H,1-3H3,(H2,24,26,27,28)/b23-10+. The third-order valence-electron chi connectivity index (χ3n) is 3.82. The Morgan fingerprint density at radius 3 is 2.37 bits per heavy atom. The van der Waals surface area contributed by atoms with Gasteiger partial charge in [-0.2, -0.15) is 5.10 Å². The van der Waals surface area contributed by atoms with Gasteiger partial charge in [-0.1, -0.05) is 23.2 Å². The van der Waals surface area contributed by atoms with Gasteiger partial charge in [-0.15, -0.1) is 10.2 Å². The summed E-state index contributed by atoms with van der Waals surface area (Å²) in [6.07, 6.45) is 1.42. The van der Waals surface area contributed by atoms with E-state index in [9.17, 15) is 4.79 Å². The minimum absolute atomic E-state index is 0.0579. The van der Waals surface area contributed by atoms with Gasteiger partial charge in [-0.25, -0.2) is 5.43 Å². The maximum atomic E-state index is 12.3. The van der Waals surface area contributed by atoms with Gasteiger partial charge in [-0.3, -0.25) is 9.78 Å². The summed E-state index contributed by atoms with van der Waals surface area (Å²) < 4.78 is 10.7. The van der Waals surface area contributed by atoms with E-state index < -0.39 is 5.56 Å². The van der Waals surface area contributed by atoms with Crippen LogP contribution in [0.5, 0.6) is 11.5 Å². The summed E-state index contributed by atoms with van der Waals surface area (Å²) in [7, 11) is 1.57. The fourth-order valence-electron chi connectivity index (χ4n) is 2.50. The van der Waals surface area contributed by atoms with Crippen LogP contribution in [0.3, 0.4) is 0 Å². The summed E-state index contributed by atoms with van der Waals surface area (Å²) in [5.74, 6) is 1.19. The van der Waals surface area contributed by atoms with Crippen LogP contribution < -0.4 is 20.5 Å². The van der Waals surface area contributed by atoms with Gasteiger partial charge >= 0.3 is 0 Å². The number of ether oxygens (including phenoxy) is 2. The molecule has 0 amide bonds. The number of nitrogens with one attached hydrogen (secondary N) is 2. The van der Waals surface area contributed by atoms with E-state index in [-0.39, 0.29) is 17.7 Å². The van der Waals surface area contributed by atoms with Crippen molar-refractivity contribution in [3.8, 4) is 22.8 Å². The summed E-state index contributed by atoms with van der Waals surface area (Å²) in [5, 5.41) is 12.7. The highest BCUT2D eigenvalue weighted by Crippen LogP contribution is 2.34. The average Bonchev–Trinajstić information content (AvgIpc) is 2.71. The molecule has 0 saturated heterocycles. The molecule has 2 N–H and O–H groups in total. The van der Waals surface area contributed by atoms with Gasteiger partial charge in [0.15, 0.2) is 11.4 Å². The maximum absolute atomic E-state index is 12.3. The van der Waals surface area contributed by atoms with Gasteiger partial charge in [-0.05, 0) is 55.8 Å². The highest BCUT2D eigenvalue weighted by Gasteiger charge is 2.11. The SMILES string of the molecule is COc1ccc(-c2nnc(N/N=C/c3cc(Cl)c(OC(C)C)c(Cl)c3)[nH]c2=O)cc1. The van der Waals surface area contributed by atoms with Gasteiger partial charge in [0.25, 0.3) is 5.56 Å². The van der Waals surface area contributed by atoms with Crippen LogP contribution in [0.2, 0.25) is 10.0 Å². The monoisotopic (exact) mass is 447 g/mol. The van der Waals surface area contributed by atoms with E-state index in [1.165, 1.54) is 6.21 Å². The molecule has 0 aliphatic rings. The second-order valence-corrected chi connectivity index (χ2v) is 7.24. The fourth-order valence-corrected chi connectivity index (χ4v) is 3.09. The van der Waals surface area contributed by atoms with Crippen molar-refractivity contribution in [2.45, 2.75) is 20.0 Å². The van der Waals surface area contributed by atoms with Gasteiger partial charge in [0.05, 0.1) is 29.5 Å². The number of halogens is 2. The number of methoxy groups -OCH3 is 1. The predicted octanol–water partition coefficient (Wildman–Crippen LogP) is 4.38. The number of benzene rings is 2. The second-order valence-electron chi connectivity index (χ2n) is 6.43. The van der Waals surface area contributed by atoms with E-state index >= 15 is 0 Å². The first-order chi connectivity index (χ1) is 14.4. The molecule has 0 aliphatic heterocycles. The second kappa shape index (κ2) is 9.60. The largest absolute Gasteiger partial charge is 0.497 e. The van der Waals surface area contributed by atoms with Crippen LogP contribution in [0.25, 0.3) is 11.3 Å². The Balaban J connectivity index is 1.72. The summed E-state index contributed by atoms with van der Waals surface area (Å²) in [6.45, 7) is 3.77. The molecule has 0 bridgehead atoms. The highest BCUT2D eigenvalue weighted by atomic mass is 35.5. The summed E-state index contributed by atoms with van der Waals surface area (Å²) >= 11 is 12.4. The first-order valence-electron chi connectivity index (χ1n) is 8.93. The van der Waals surface area contributed by atoms with Crippen LogP contribution in [0.1, 0.15) is 19.4 Å². The lowest BCUT2D eigenvalue weighted by atomic mass is 10.1. The van der Waals surface area contributed by atoms with Gasteiger partial charge < -0.3 is 9.47 Å². The third-order valence-corrected chi connectivity index (χ3v) is 4.38. The molecule has 30 heavy (non-hydrogen) atoms. The molecule has 3 rings (SSSR count). The smallest absolute Gasteiger partial charge is 0.279 e. The Kier molecular flexibility index (Phi) is 6.91. The average molecular weight is 448 g/mol. The van der Waals surface area contributed by atoms with E-state index in [0.717, 1.165) is 0 Å². The molecule has 1 aromatic heterocycles. The number of hydrogen-bond donors (Lipinski definition) is 2. The normalized spacial score (nSPS) is 11.1. The number of H-pyrrole nitrogens is 1. The van der Waals surface area contributed by atoms with Crippen molar-refractivity contribution >= 4 is 35.4 Å². The van der Waals surface area contributed by atoms with Crippen LogP contribution in [-0.2, 0) is 0 Å². The van der Waals surface area contributed by atoms with E-state index in [1.54, 1.807) is 43.5 Å². The molecule has 0 unspecified atom stereocenters. The summed E-state index contributed by atoms with van der Waals surface area (Å²) in [4.78, 5) is 14.9. The molecule has 0 aliphatic carbocycles. The lowest BCUT2D eigenvalue weighted by Crippen LogP contribution is -2.15. The van der Waals surface area contributed by atoms with Crippen LogP contribution in [0.15, 0.2) is 46.3 Å². The van der Waals surface area contributed by atoms with Crippen molar-refractivity contribution in [3.63, 3.8) is 0 Å². The molecule has 0 spiro atoms.